The molecule has 6 heteroatoms. The third kappa shape index (κ3) is 2.51. The minimum absolute atomic E-state index is 0.228. The Morgan fingerprint density at radius 3 is 2.78 bits per heavy atom. The van der Waals surface area contributed by atoms with Crippen molar-refractivity contribution in [3.05, 3.63) is 57.2 Å². The number of anilines is 1. The molecule has 2 aromatic heterocycles. The van der Waals surface area contributed by atoms with Gasteiger partial charge in [-0.05, 0) is 29.5 Å². The third-order valence-electron chi connectivity index (χ3n) is 3.85. The van der Waals surface area contributed by atoms with Crippen LogP contribution < -0.4 is 10.9 Å². The van der Waals surface area contributed by atoms with E-state index in [1.165, 1.54) is 15.9 Å². The molecule has 0 aliphatic carbocycles. The van der Waals surface area contributed by atoms with E-state index < -0.39 is 11.5 Å². The van der Waals surface area contributed by atoms with Gasteiger partial charge < -0.3 is 15.0 Å². The maximum Gasteiger partial charge on any atom is 0.267 e. The molecule has 5 nitrogen and oxygen atoms in total. The number of nitrogens with one attached hydrogen (secondary N) is 1. The Bertz CT molecular complexity index is 956. The molecule has 23 heavy (non-hydrogen) atoms. The van der Waals surface area contributed by atoms with E-state index in [0.29, 0.717) is 15.9 Å². The maximum absolute atomic E-state index is 12.6. The van der Waals surface area contributed by atoms with Crippen molar-refractivity contribution in [2.24, 2.45) is 7.05 Å². The first-order valence-electron chi connectivity index (χ1n) is 7.23. The molecule has 0 aliphatic heterocycles. The van der Waals surface area contributed by atoms with Gasteiger partial charge in [-0.25, -0.2) is 0 Å². The van der Waals surface area contributed by atoms with E-state index in [0.717, 1.165) is 12.0 Å². The summed E-state index contributed by atoms with van der Waals surface area (Å²) in [6.07, 6.45) is 0.754. The van der Waals surface area contributed by atoms with Gasteiger partial charge in [-0.1, -0.05) is 25.1 Å². The van der Waals surface area contributed by atoms with Crippen molar-refractivity contribution < 1.29 is 9.90 Å². The fraction of sp³-hybridized carbons (Fsp3) is 0.176. The Labute approximate surface area is 136 Å². The van der Waals surface area contributed by atoms with Crippen molar-refractivity contribution in [2.45, 2.75) is 13.3 Å². The minimum Gasteiger partial charge on any atom is -0.505 e. The van der Waals surface area contributed by atoms with Gasteiger partial charge in [0.15, 0.2) is 5.75 Å². The smallest absolute Gasteiger partial charge is 0.267 e. The molecule has 1 amide bonds. The fourth-order valence-corrected chi connectivity index (χ4v) is 3.45. The van der Waals surface area contributed by atoms with Crippen molar-refractivity contribution >= 4 is 33.1 Å². The lowest BCUT2D eigenvalue weighted by Crippen LogP contribution is -2.28. The molecule has 0 spiro atoms. The molecule has 0 fully saturated rings. The molecule has 118 valence electrons. The monoisotopic (exact) mass is 328 g/mol. The van der Waals surface area contributed by atoms with E-state index in [-0.39, 0.29) is 11.3 Å². The van der Waals surface area contributed by atoms with Crippen LogP contribution in [0.1, 0.15) is 22.8 Å². The summed E-state index contributed by atoms with van der Waals surface area (Å²) < 4.78 is 1.91. The molecule has 0 radical (unpaired) electrons. The Morgan fingerprint density at radius 2 is 2.04 bits per heavy atom. The van der Waals surface area contributed by atoms with Crippen LogP contribution in [0.5, 0.6) is 5.75 Å². The molecule has 0 aliphatic rings. The second-order valence-electron chi connectivity index (χ2n) is 5.19. The quantitative estimate of drug-likeness (QED) is 0.776. The largest absolute Gasteiger partial charge is 0.505 e. The number of aromatic hydroxyl groups is 1. The summed E-state index contributed by atoms with van der Waals surface area (Å²) in [5.41, 5.74) is 1.48. The second kappa shape index (κ2) is 5.89. The topological polar surface area (TPSA) is 71.3 Å². The molecule has 3 aromatic rings. The number of rotatable bonds is 3. The number of hydrogen-bond acceptors (Lipinski definition) is 4. The van der Waals surface area contributed by atoms with Crippen LogP contribution >= 0.6 is 11.3 Å². The first-order chi connectivity index (χ1) is 11.0. The molecule has 0 unspecified atom stereocenters. The van der Waals surface area contributed by atoms with Gasteiger partial charge in [-0.2, -0.15) is 0 Å². The number of benzene rings is 1. The van der Waals surface area contributed by atoms with Gasteiger partial charge in [0.25, 0.3) is 11.5 Å². The SMILES string of the molecule is CCc1ccccc1NC(=O)c1c(O)c2sccc2n(C)c1=O. The number of carbonyl (C=O) groups is 1. The zero-order chi connectivity index (χ0) is 16.6. The predicted molar refractivity (Wildman–Crippen MR) is 92.5 cm³/mol. The Hall–Kier alpha value is -2.60. The standard InChI is InChI=1S/C17H16N2O3S/c1-3-10-6-4-5-7-11(10)18-16(21)13-14(20)15-12(8-9-23-15)19(2)17(13)22/h4-9,20H,3H2,1-2H3,(H,18,21). The van der Waals surface area contributed by atoms with Crippen LogP contribution in [0.3, 0.4) is 0 Å². The van der Waals surface area contributed by atoms with Crippen LogP contribution in [0.4, 0.5) is 5.69 Å². The van der Waals surface area contributed by atoms with Gasteiger partial charge in [0, 0.05) is 12.7 Å². The van der Waals surface area contributed by atoms with Gasteiger partial charge >= 0.3 is 0 Å². The first kappa shape index (κ1) is 15.3. The lowest BCUT2D eigenvalue weighted by Gasteiger charge is -2.12. The lowest BCUT2D eigenvalue weighted by molar-refractivity contribution is 0.102. The number of hydrogen-bond donors (Lipinski definition) is 2. The number of amides is 1. The zero-order valence-corrected chi connectivity index (χ0v) is 13.6. The Morgan fingerprint density at radius 1 is 1.30 bits per heavy atom. The van der Waals surface area contributed by atoms with Crippen LogP contribution in [0.25, 0.3) is 10.2 Å². The molecule has 2 heterocycles. The molecular weight excluding hydrogens is 312 g/mol. The third-order valence-corrected chi connectivity index (χ3v) is 4.76. The van der Waals surface area contributed by atoms with Gasteiger partial charge in [-0.3, -0.25) is 9.59 Å². The predicted octanol–water partition coefficient (Wildman–Crippen LogP) is 3.12. The zero-order valence-electron chi connectivity index (χ0n) is 12.8. The molecule has 0 bridgehead atoms. The van der Waals surface area contributed by atoms with Gasteiger partial charge in [0.1, 0.15) is 5.56 Å². The Kier molecular flexibility index (Phi) is 3.92. The highest BCUT2D eigenvalue weighted by Crippen LogP contribution is 2.31. The van der Waals surface area contributed by atoms with Gasteiger partial charge in [0.2, 0.25) is 0 Å². The molecule has 3 rings (SSSR count). The molecule has 0 saturated carbocycles. The van der Waals surface area contributed by atoms with Crippen LogP contribution in [-0.2, 0) is 13.5 Å². The molecule has 0 atom stereocenters. The molecule has 2 N–H and O–H groups in total. The summed E-state index contributed by atoms with van der Waals surface area (Å²) >= 11 is 1.29. The second-order valence-corrected chi connectivity index (χ2v) is 6.10. The highest BCUT2D eigenvalue weighted by Gasteiger charge is 2.22. The van der Waals surface area contributed by atoms with Crippen molar-refractivity contribution in [2.75, 3.05) is 5.32 Å². The number of aryl methyl sites for hydroxylation is 2. The van der Waals surface area contributed by atoms with E-state index in [1.54, 1.807) is 24.6 Å². The van der Waals surface area contributed by atoms with Crippen LogP contribution in [0, 0.1) is 0 Å². The normalized spacial score (nSPS) is 10.9. The van der Waals surface area contributed by atoms with Gasteiger partial charge in [-0.15, -0.1) is 11.3 Å². The van der Waals surface area contributed by atoms with Crippen LogP contribution in [-0.4, -0.2) is 15.6 Å². The number of pyridine rings is 1. The number of aromatic nitrogens is 1. The van der Waals surface area contributed by atoms with E-state index >= 15 is 0 Å². The van der Waals surface area contributed by atoms with Crippen LogP contribution in [0.2, 0.25) is 0 Å². The highest BCUT2D eigenvalue weighted by atomic mass is 32.1. The Balaban J connectivity index is 2.10. The molecule has 0 saturated heterocycles. The summed E-state index contributed by atoms with van der Waals surface area (Å²) in [5, 5.41) is 14.9. The molecule has 1 aromatic carbocycles. The average Bonchev–Trinajstić information content (AvgIpc) is 3.03. The van der Waals surface area contributed by atoms with E-state index in [2.05, 4.69) is 5.32 Å². The summed E-state index contributed by atoms with van der Waals surface area (Å²) in [6.45, 7) is 1.99. The van der Waals surface area contributed by atoms with Gasteiger partial charge in [0.05, 0.1) is 10.2 Å². The van der Waals surface area contributed by atoms with Crippen molar-refractivity contribution in [1.82, 2.24) is 4.57 Å². The van der Waals surface area contributed by atoms with Crippen molar-refractivity contribution in [3.63, 3.8) is 0 Å². The van der Waals surface area contributed by atoms with Crippen molar-refractivity contribution in [1.29, 1.82) is 0 Å². The average molecular weight is 328 g/mol. The highest BCUT2D eigenvalue weighted by molar-refractivity contribution is 7.17. The van der Waals surface area contributed by atoms with E-state index in [1.807, 2.05) is 25.1 Å². The summed E-state index contributed by atoms with van der Waals surface area (Å²) in [5.74, 6) is -0.858. The molecular formula is C17H16N2O3S. The fourth-order valence-electron chi connectivity index (χ4n) is 2.58. The minimum atomic E-state index is -0.598. The summed E-state index contributed by atoms with van der Waals surface area (Å²) in [7, 11) is 1.59. The van der Waals surface area contributed by atoms with Crippen molar-refractivity contribution in [3.8, 4) is 5.75 Å². The number of thiophene rings is 1. The first-order valence-corrected chi connectivity index (χ1v) is 8.11. The maximum atomic E-state index is 12.6. The summed E-state index contributed by atoms with van der Waals surface area (Å²) in [6, 6.07) is 9.14. The lowest BCUT2D eigenvalue weighted by atomic mass is 10.1. The van der Waals surface area contributed by atoms with E-state index in [4.69, 9.17) is 0 Å². The number of nitrogens with zero attached hydrogens (tertiary/aromatic N) is 1. The van der Waals surface area contributed by atoms with Crippen LogP contribution in [0.15, 0.2) is 40.5 Å². The summed E-state index contributed by atoms with van der Waals surface area (Å²) in [4.78, 5) is 25.0. The number of para-hydroxylation sites is 1. The van der Waals surface area contributed by atoms with E-state index in [9.17, 15) is 14.7 Å². The number of fused-ring (bicyclic) bond motifs is 1. The number of carbonyl (C=O) groups excluding carboxylic acids is 1.